The quantitative estimate of drug-likeness (QED) is 0.888. The van der Waals surface area contributed by atoms with Crippen molar-refractivity contribution in [2.45, 2.75) is 26.7 Å². The van der Waals surface area contributed by atoms with E-state index in [1.54, 1.807) is 4.90 Å². The average molecular weight is 261 g/mol. The molecular formula is C15H19NO3. The Morgan fingerprint density at radius 3 is 2.42 bits per heavy atom. The van der Waals surface area contributed by atoms with Crippen LogP contribution in [0.25, 0.3) is 0 Å². The summed E-state index contributed by atoms with van der Waals surface area (Å²) in [5.74, 6) is -1.04. The van der Waals surface area contributed by atoms with E-state index in [1.807, 2.05) is 32.0 Å². The fourth-order valence-electron chi connectivity index (χ4n) is 2.47. The molecule has 1 N–H and O–H groups in total. The summed E-state index contributed by atoms with van der Waals surface area (Å²) in [4.78, 5) is 25.1. The van der Waals surface area contributed by atoms with Crippen molar-refractivity contribution in [3.8, 4) is 0 Å². The van der Waals surface area contributed by atoms with Gasteiger partial charge in [0, 0.05) is 18.7 Å². The number of amides is 1. The number of aryl methyl sites for hydroxylation is 2. The number of likely N-dealkylation sites (tertiary alicyclic amines) is 1. The number of carboxylic acids is 1. The maximum Gasteiger partial charge on any atom is 0.306 e. The third-order valence-electron chi connectivity index (χ3n) is 3.75. The first-order chi connectivity index (χ1) is 8.99. The predicted molar refractivity (Wildman–Crippen MR) is 72.2 cm³/mol. The molecule has 0 unspecified atom stereocenters. The first-order valence-corrected chi connectivity index (χ1v) is 6.58. The van der Waals surface area contributed by atoms with Crippen molar-refractivity contribution in [3.63, 3.8) is 0 Å². The summed E-state index contributed by atoms with van der Waals surface area (Å²) < 4.78 is 0. The minimum Gasteiger partial charge on any atom is -0.481 e. The molecule has 0 bridgehead atoms. The van der Waals surface area contributed by atoms with Crippen molar-refractivity contribution < 1.29 is 14.7 Å². The molecule has 1 aromatic rings. The zero-order valence-corrected chi connectivity index (χ0v) is 11.3. The van der Waals surface area contributed by atoms with E-state index >= 15 is 0 Å². The standard InChI is InChI=1S/C15H19NO3/c1-10-3-4-11(2)13(9-10)14(17)16-7-5-12(6-8-16)15(18)19/h3-4,9,12H,5-8H2,1-2H3,(H,18,19). The van der Waals surface area contributed by atoms with Gasteiger partial charge in [0.1, 0.15) is 0 Å². The third-order valence-corrected chi connectivity index (χ3v) is 3.75. The molecule has 102 valence electrons. The highest BCUT2D eigenvalue weighted by atomic mass is 16.4. The number of nitrogens with zero attached hydrogens (tertiary/aromatic N) is 1. The van der Waals surface area contributed by atoms with Crippen LogP contribution in [0.2, 0.25) is 0 Å². The smallest absolute Gasteiger partial charge is 0.306 e. The monoisotopic (exact) mass is 261 g/mol. The average Bonchev–Trinajstić information content (AvgIpc) is 2.41. The predicted octanol–water partition coefficient (Wildman–Crippen LogP) is 2.24. The largest absolute Gasteiger partial charge is 0.481 e. The zero-order valence-electron chi connectivity index (χ0n) is 11.3. The van der Waals surface area contributed by atoms with Gasteiger partial charge in [0.15, 0.2) is 0 Å². The molecule has 0 spiro atoms. The lowest BCUT2D eigenvalue weighted by molar-refractivity contribution is -0.143. The minimum atomic E-state index is -0.751. The van der Waals surface area contributed by atoms with Crippen LogP contribution in [0.5, 0.6) is 0 Å². The SMILES string of the molecule is Cc1ccc(C)c(C(=O)N2CCC(C(=O)O)CC2)c1. The first-order valence-electron chi connectivity index (χ1n) is 6.58. The highest BCUT2D eigenvalue weighted by molar-refractivity contribution is 5.96. The molecular weight excluding hydrogens is 242 g/mol. The Balaban J connectivity index is 2.09. The van der Waals surface area contributed by atoms with Gasteiger partial charge in [-0.05, 0) is 38.3 Å². The lowest BCUT2D eigenvalue weighted by Gasteiger charge is -2.30. The molecule has 1 heterocycles. The second kappa shape index (κ2) is 5.43. The molecule has 4 heteroatoms. The number of aliphatic carboxylic acids is 1. The van der Waals surface area contributed by atoms with Crippen LogP contribution in [0.15, 0.2) is 18.2 Å². The van der Waals surface area contributed by atoms with E-state index < -0.39 is 5.97 Å². The molecule has 1 saturated heterocycles. The number of rotatable bonds is 2. The van der Waals surface area contributed by atoms with Gasteiger partial charge in [-0.1, -0.05) is 17.7 Å². The summed E-state index contributed by atoms with van der Waals surface area (Å²) in [7, 11) is 0. The van der Waals surface area contributed by atoms with Gasteiger partial charge in [0.25, 0.3) is 5.91 Å². The third kappa shape index (κ3) is 2.95. The summed E-state index contributed by atoms with van der Waals surface area (Å²) >= 11 is 0. The summed E-state index contributed by atoms with van der Waals surface area (Å²) in [6.07, 6.45) is 1.10. The maximum atomic E-state index is 12.4. The normalized spacial score (nSPS) is 16.4. The van der Waals surface area contributed by atoms with E-state index in [4.69, 9.17) is 5.11 Å². The van der Waals surface area contributed by atoms with Gasteiger partial charge in [-0.15, -0.1) is 0 Å². The maximum absolute atomic E-state index is 12.4. The molecule has 2 rings (SSSR count). The van der Waals surface area contributed by atoms with Crippen molar-refractivity contribution in [3.05, 3.63) is 34.9 Å². The lowest BCUT2D eigenvalue weighted by Crippen LogP contribution is -2.40. The molecule has 1 aliphatic rings. The van der Waals surface area contributed by atoms with Crippen LogP contribution in [0.1, 0.15) is 34.3 Å². The van der Waals surface area contributed by atoms with Crippen LogP contribution in [0.4, 0.5) is 0 Å². The Hall–Kier alpha value is -1.84. The molecule has 1 amide bonds. The topological polar surface area (TPSA) is 57.6 Å². The molecule has 1 aliphatic heterocycles. The van der Waals surface area contributed by atoms with Crippen LogP contribution in [-0.4, -0.2) is 35.0 Å². The molecule has 0 saturated carbocycles. The van der Waals surface area contributed by atoms with Gasteiger partial charge < -0.3 is 10.0 Å². The molecule has 19 heavy (non-hydrogen) atoms. The van der Waals surface area contributed by atoms with E-state index in [2.05, 4.69) is 0 Å². The fourth-order valence-corrected chi connectivity index (χ4v) is 2.47. The van der Waals surface area contributed by atoms with Crippen molar-refractivity contribution >= 4 is 11.9 Å². The zero-order chi connectivity index (χ0) is 14.0. The molecule has 4 nitrogen and oxygen atoms in total. The second-order valence-electron chi connectivity index (χ2n) is 5.22. The Kier molecular flexibility index (Phi) is 3.88. The first kappa shape index (κ1) is 13.6. The Bertz CT molecular complexity index is 502. The summed E-state index contributed by atoms with van der Waals surface area (Å²) in [5, 5.41) is 8.96. The van der Waals surface area contributed by atoms with Gasteiger partial charge >= 0.3 is 5.97 Å². The van der Waals surface area contributed by atoms with Crippen molar-refractivity contribution in [1.82, 2.24) is 4.90 Å². The summed E-state index contributed by atoms with van der Waals surface area (Å²) in [5.41, 5.74) is 2.76. The summed E-state index contributed by atoms with van der Waals surface area (Å²) in [6, 6.07) is 5.84. The van der Waals surface area contributed by atoms with E-state index in [0.717, 1.165) is 16.7 Å². The van der Waals surface area contributed by atoms with Crippen molar-refractivity contribution in [2.75, 3.05) is 13.1 Å². The Morgan fingerprint density at radius 2 is 1.84 bits per heavy atom. The van der Waals surface area contributed by atoms with Gasteiger partial charge in [-0.25, -0.2) is 0 Å². The second-order valence-corrected chi connectivity index (χ2v) is 5.22. The molecule has 0 aliphatic carbocycles. The van der Waals surface area contributed by atoms with E-state index in [1.165, 1.54) is 0 Å². The van der Waals surface area contributed by atoms with Crippen LogP contribution in [-0.2, 0) is 4.79 Å². The molecule has 1 fully saturated rings. The van der Waals surface area contributed by atoms with Gasteiger partial charge in [-0.3, -0.25) is 9.59 Å². The van der Waals surface area contributed by atoms with Crippen LogP contribution < -0.4 is 0 Å². The minimum absolute atomic E-state index is 0.0186. The highest BCUT2D eigenvalue weighted by Crippen LogP contribution is 2.21. The van der Waals surface area contributed by atoms with E-state index in [0.29, 0.717) is 25.9 Å². The molecule has 0 radical (unpaired) electrons. The Morgan fingerprint density at radius 1 is 1.21 bits per heavy atom. The molecule has 0 atom stereocenters. The number of carbonyl (C=O) groups is 2. The van der Waals surface area contributed by atoms with Gasteiger partial charge in [0.2, 0.25) is 0 Å². The number of carboxylic acid groups (broad SMARTS) is 1. The van der Waals surface area contributed by atoms with Crippen LogP contribution in [0, 0.1) is 19.8 Å². The van der Waals surface area contributed by atoms with Crippen molar-refractivity contribution in [1.29, 1.82) is 0 Å². The Labute approximate surface area is 113 Å². The summed E-state index contributed by atoms with van der Waals surface area (Å²) in [6.45, 7) is 4.95. The van der Waals surface area contributed by atoms with Gasteiger partial charge in [-0.2, -0.15) is 0 Å². The number of piperidine rings is 1. The highest BCUT2D eigenvalue weighted by Gasteiger charge is 2.27. The van der Waals surface area contributed by atoms with E-state index in [-0.39, 0.29) is 11.8 Å². The van der Waals surface area contributed by atoms with E-state index in [9.17, 15) is 9.59 Å². The lowest BCUT2D eigenvalue weighted by atomic mass is 9.96. The van der Waals surface area contributed by atoms with Crippen LogP contribution in [0.3, 0.4) is 0 Å². The van der Waals surface area contributed by atoms with Gasteiger partial charge in [0.05, 0.1) is 5.92 Å². The fraction of sp³-hybridized carbons (Fsp3) is 0.467. The number of hydrogen-bond acceptors (Lipinski definition) is 2. The molecule has 0 aromatic heterocycles. The number of hydrogen-bond donors (Lipinski definition) is 1. The number of carbonyl (C=O) groups excluding carboxylic acids is 1. The number of benzene rings is 1. The molecule has 1 aromatic carbocycles. The van der Waals surface area contributed by atoms with Crippen LogP contribution >= 0.6 is 0 Å². The van der Waals surface area contributed by atoms with Crippen molar-refractivity contribution in [2.24, 2.45) is 5.92 Å².